The first-order valence-electron chi connectivity index (χ1n) is 5.62. The van der Waals surface area contributed by atoms with Crippen molar-refractivity contribution in [3.05, 3.63) is 29.8 Å². The molecule has 19 heavy (non-hydrogen) atoms. The highest BCUT2D eigenvalue weighted by Crippen LogP contribution is 2.28. The zero-order chi connectivity index (χ0) is 14.0. The molecule has 1 heterocycles. The zero-order valence-electron chi connectivity index (χ0n) is 9.85. The fourth-order valence-electron chi connectivity index (χ4n) is 1.85. The van der Waals surface area contributed by atoms with Gasteiger partial charge >= 0.3 is 12.3 Å². The van der Waals surface area contributed by atoms with Crippen molar-refractivity contribution in [2.75, 3.05) is 19.7 Å². The summed E-state index contributed by atoms with van der Waals surface area (Å²) in [5.74, 6) is 0.253. The smallest absolute Gasteiger partial charge is 0.422 e. The molecule has 1 saturated heterocycles. The lowest BCUT2D eigenvalue weighted by atomic mass is 9.92. The van der Waals surface area contributed by atoms with Crippen LogP contribution in [0.2, 0.25) is 0 Å². The monoisotopic (exact) mass is 275 g/mol. The van der Waals surface area contributed by atoms with E-state index in [2.05, 4.69) is 4.74 Å². The van der Waals surface area contributed by atoms with E-state index in [0.717, 1.165) is 5.56 Å². The summed E-state index contributed by atoms with van der Waals surface area (Å²) in [6.07, 6.45) is -5.31. The Labute approximate surface area is 107 Å². The number of hydrogen-bond donors (Lipinski definition) is 1. The second kappa shape index (κ2) is 4.99. The van der Waals surface area contributed by atoms with Crippen LogP contribution in [0.25, 0.3) is 0 Å². The third kappa shape index (κ3) is 3.52. The molecule has 1 aromatic carbocycles. The van der Waals surface area contributed by atoms with Crippen LogP contribution in [-0.4, -0.2) is 42.0 Å². The number of rotatable bonds is 3. The predicted octanol–water partition coefficient (Wildman–Crippen LogP) is 2.70. The molecule has 0 unspecified atom stereocenters. The first-order chi connectivity index (χ1) is 8.85. The van der Waals surface area contributed by atoms with Crippen molar-refractivity contribution in [2.45, 2.75) is 12.1 Å². The maximum absolute atomic E-state index is 11.9. The summed E-state index contributed by atoms with van der Waals surface area (Å²) in [7, 11) is 0. The number of alkyl halides is 3. The molecule has 1 aliphatic rings. The average molecular weight is 275 g/mol. The largest absolute Gasteiger partial charge is 0.484 e. The number of carboxylic acid groups (broad SMARTS) is 1. The van der Waals surface area contributed by atoms with E-state index >= 15 is 0 Å². The molecular weight excluding hydrogens is 263 g/mol. The first-order valence-corrected chi connectivity index (χ1v) is 5.62. The van der Waals surface area contributed by atoms with Crippen molar-refractivity contribution in [1.29, 1.82) is 0 Å². The van der Waals surface area contributed by atoms with Crippen molar-refractivity contribution in [2.24, 2.45) is 0 Å². The quantitative estimate of drug-likeness (QED) is 0.922. The van der Waals surface area contributed by atoms with E-state index in [1.165, 1.54) is 17.0 Å². The molecule has 1 aliphatic heterocycles. The molecule has 2 rings (SSSR count). The number of amides is 1. The summed E-state index contributed by atoms with van der Waals surface area (Å²) in [6, 6.07) is 6.25. The maximum Gasteiger partial charge on any atom is 0.422 e. The molecule has 0 radical (unpaired) electrons. The molecular formula is C12H12F3NO3. The molecule has 1 amide bonds. The van der Waals surface area contributed by atoms with Gasteiger partial charge in [-0.3, -0.25) is 0 Å². The van der Waals surface area contributed by atoms with Gasteiger partial charge < -0.3 is 14.7 Å². The van der Waals surface area contributed by atoms with Crippen LogP contribution < -0.4 is 4.74 Å². The minimum Gasteiger partial charge on any atom is -0.484 e. The van der Waals surface area contributed by atoms with Crippen molar-refractivity contribution < 1.29 is 27.8 Å². The number of likely N-dealkylation sites (tertiary alicyclic amines) is 1. The van der Waals surface area contributed by atoms with Gasteiger partial charge in [0.2, 0.25) is 0 Å². The van der Waals surface area contributed by atoms with Crippen LogP contribution in [0, 0.1) is 0 Å². The minimum atomic E-state index is -4.35. The van der Waals surface area contributed by atoms with Gasteiger partial charge in [0.15, 0.2) is 6.61 Å². The molecule has 7 heteroatoms. The SMILES string of the molecule is O=C(O)N1CC(c2ccc(OCC(F)(F)F)cc2)C1. The van der Waals surface area contributed by atoms with E-state index in [1.54, 1.807) is 12.1 Å². The molecule has 104 valence electrons. The summed E-state index contributed by atoms with van der Waals surface area (Å²) >= 11 is 0. The Balaban J connectivity index is 1.87. The number of halogens is 3. The third-order valence-corrected chi connectivity index (χ3v) is 2.91. The van der Waals surface area contributed by atoms with Crippen molar-refractivity contribution >= 4 is 6.09 Å². The lowest BCUT2D eigenvalue weighted by molar-refractivity contribution is -0.153. The van der Waals surface area contributed by atoms with Crippen LogP contribution in [0.5, 0.6) is 5.75 Å². The van der Waals surface area contributed by atoms with Crippen molar-refractivity contribution in [3.8, 4) is 5.75 Å². The maximum atomic E-state index is 11.9. The number of benzene rings is 1. The van der Waals surface area contributed by atoms with Crippen LogP contribution in [0.15, 0.2) is 24.3 Å². The van der Waals surface area contributed by atoms with E-state index in [-0.39, 0.29) is 11.7 Å². The summed E-state index contributed by atoms with van der Waals surface area (Å²) in [5, 5.41) is 8.69. The topological polar surface area (TPSA) is 49.8 Å². The average Bonchev–Trinajstić information content (AvgIpc) is 2.24. The van der Waals surface area contributed by atoms with Gasteiger partial charge in [-0.2, -0.15) is 13.2 Å². The second-order valence-electron chi connectivity index (χ2n) is 4.36. The molecule has 0 aromatic heterocycles. The van der Waals surface area contributed by atoms with Crippen LogP contribution in [-0.2, 0) is 0 Å². The van der Waals surface area contributed by atoms with E-state index in [0.29, 0.717) is 13.1 Å². The second-order valence-corrected chi connectivity index (χ2v) is 4.36. The Hall–Kier alpha value is -1.92. The molecule has 0 atom stereocenters. The van der Waals surface area contributed by atoms with Crippen LogP contribution >= 0.6 is 0 Å². The highest BCUT2D eigenvalue weighted by molar-refractivity contribution is 5.66. The number of ether oxygens (including phenoxy) is 1. The number of nitrogens with zero attached hydrogens (tertiary/aromatic N) is 1. The lowest BCUT2D eigenvalue weighted by Crippen LogP contribution is -2.47. The molecule has 0 spiro atoms. The minimum absolute atomic E-state index is 0.104. The molecule has 1 aromatic rings. The predicted molar refractivity (Wildman–Crippen MR) is 60.3 cm³/mol. The highest BCUT2D eigenvalue weighted by atomic mass is 19.4. The van der Waals surface area contributed by atoms with Gasteiger partial charge in [-0.25, -0.2) is 4.79 Å². The Kier molecular flexibility index (Phi) is 3.55. The Morgan fingerprint density at radius 3 is 2.37 bits per heavy atom. The van der Waals surface area contributed by atoms with E-state index in [9.17, 15) is 18.0 Å². The van der Waals surface area contributed by atoms with Crippen molar-refractivity contribution in [3.63, 3.8) is 0 Å². The number of hydrogen-bond acceptors (Lipinski definition) is 2. The Morgan fingerprint density at radius 2 is 1.89 bits per heavy atom. The Bertz CT molecular complexity index is 452. The van der Waals surface area contributed by atoms with Crippen LogP contribution in [0.4, 0.5) is 18.0 Å². The van der Waals surface area contributed by atoms with Gasteiger partial charge in [0.1, 0.15) is 5.75 Å². The van der Waals surface area contributed by atoms with E-state index in [4.69, 9.17) is 5.11 Å². The van der Waals surface area contributed by atoms with E-state index < -0.39 is 18.9 Å². The summed E-state index contributed by atoms with van der Waals surface area (Å²) < 4.78 is 40.4. The molecule has 1 fully saturated rings. The normalized spacial score (nSPS) is 16.1. The van der Waals surface area contributed by atoms with Crippen LogP contribution in [0.3, 0.4) is 0 Å². The van der Waals surface area contributed by atoms with E-state index in [1.807, 2.05) is 0 Å². The van der Waals surface area contributed by atoms with Gasteiger partial charge in [0, 0.05) is 19.0 Å². The lowest BCUT2D eigenvalue weighted by Gasteiger charge is -2.37. The molecule has 0 saturated carbocycles. The fraction of sp³-hybridized carbons (Fsp3) is 0.417. The standard InChI is InChI=1S/C12H12F3NO3/c13-12(14,15)7-19-10-3-1-8(2-4-10)9-5-16(6-9)11(17)18/h1-4,9H,5-7H2,(H,17,18). The Morgan fingerprint density at radius 1 is 1.32 bits per heavy atom. The van der Waals surface area contributed by atoms with Gasteiger partial charge in [-0.05, 0) is 17.7 Å². The van der Waals surface area contributed by atoms with Gasteiger partial charge in [-0.15, -0.1) is 0 Å². The summed E-state index contributed by atoms with van der Waals surface area (Å²) in [5.41, 5.74) is 0.900. The first kappa shape index (κ1) is 13.5. The molecule has 0 aliphatic carbocycles. The molecule has 4 nitrogen and oxygen atoms in total. The fourth-order valence-corrected chi connectivity index (χ4v) is 1.85. The molecule has 0 bridgehead atoms. The van der Waals surface area contributed by atoms with Gasteiger partial charge in [0.25, 0.3) is 0 Å². The number of carbonyl (C=O) groups is 1. The zero-order valence-corrected chi connectivity index (χ0v) is 9.85. The van der Waals surface area contributed by atoms with Gasteiger partial charge in [-0.1, -0.05) is 12.1 Å². The summed E-state index contributed by atoms with van der Waals surface area (Å²) in [4.78, 5) is 11.9. The van der Waals surface area contributed by atoms with Gasteiger partial charge in [0.05, 0.1) is 0 Å². The molecule has 1 N–H and O–H groups in total. The van der Waals surface area contributed by atoms with Crippen molar-refractivity contribution in [1.82, 2.24) is 4.90 Å². The highest BCUT2D eigenvalue weighted by Gasteiger charge is 2.31. The van der Waals surface area contributed by atoms with Crippen LogP contribution in [0.1, 0.15) is 11.5 Å². The third-order valence-electron chi connectivity index (χ3n) is 2.91. The summed E-state index contributed by atoms with van der Waals surface area (Å²) in [6.45, 7) is -0.487.